The molecule has 11 nitrogen and oxygen atoms in total. The molecule has 12 heteroatoms. The monoisotopic (exact) mass is 498 g/mol. The van der Waals surface area contributed by atoms with Crippen LogP contribution in [0.1, 0.15) is 36.7 Å². The zero-order valence-corrected chi connectivity index (χ0v) is 20.2. The van der Waals surface area contributed by atoms with Crippen molar-refractivity contribution in [1.29, 1.82) is 0 Å². The van der Waals surface area contributed by atoms with Crippen molar-refractivity contribution in [3.8, 4) is 11.6 Å². The Balaban J connectivity index is 1.89. The average molecular weight is 499 g/mol. The molecule has 1 aliphatic heterocycles. The van der Waals surface area contributed by atoms with Gasteiger partial charge in [0.2, 0.25) is 12.2 Å². The molecule has 0 saturated carbocycles. The van der Waals surface area contributed by atoms with Gasteiger partial charge in [0.05, 0.1) is 14.2 Å². The minimum absolute atomic E-state index is 0.0578. The van der Waals surface area contributed by atoms with Crippen LogP contribution in [-0.2, 0) is 20.6 Å². The molecule has 2 aromatic rings. The number of hydrogen-bond donors (Lipinski definition) is 3. The second-order valence-corrected chi connectivity index (χ2v) is 8.44. The Morgan fingerprint density at radius 1 is 1.20 bits per heavy atom. The van der Waals surface area contributed by atoms with Crippen LogP contribution in [0.2, 0.25) is 0 Å². The summed E-state index contributed by atoms with van der Waals surface area (Å²) >= 11 is 0. The van der Waals surface area contributed by atoms with Gasteiger partial charge in [-0.3, -0.25) is 4.68 Å². The molecule has 1 unspecified atom stereocenters. The Labute approximate surface area is 201 Å². The summed E-state index contributed by atoms with van der Waals surface area (Å²) in [7, 11) is 2.56. The molecule has 0 radical (unpaired) electrons. The predicted molar refractivity (Wildman–Crippen MR) is 119 cm³/mol. The summed E-state index contributed by atoms with van der Waals surface area (Å²) in [6, 6.07) is 4.45. The van der Waals surface area contributed by atoms with Gasteiger partial charge in [-0.2, -0.15) is 0 Å². The van der Waals surface area contributed by atoms with Gasteiger partial charge in [-0.25, -0.2) is 9.18 Å². The number of halogens is 1. The van der Waals surface area contributed by atoms with Gasteiger partial charge in [-0.15, -0.1) is 5.10 Å². The Morgan fingerprint density at radius 3 is 2.51 bits per heavy atom. The minimum Gasteiger partial charge on any atom is -0.497 e. The molecular formula is C23H31FN2O9. The summed E-state index contributed by atoms with van der Waals surface area (Å²) in [6.45, 7) is 5.17. The van der Waals surface area contributed by atoms with Crippen LogP contribution in [0.25, 0.3) is 0 Å². The first-order valence-electron chi connectivity index (χ1n) is 11.0. The SMILES string of the molecule is COC(=O)OCC1O[C@@H](Oc2nn(C(C)C)c(C)c2Cc2ccc(OC)cc2F)[C@H](O)[C@@H](O)[C@@H]1O. The lowest BCUT2D eigenvalue weighted by molar-refractivity contribution is -0.278. The highest BCUT2D eigenvalue weighted by atomic mass is 19.1. The van der Waals surface area contributed by atoms with Crippen molar-refractivity contribution in [3.63, 3.8) is 0 Å². The molecule has 0 amide bonds. The Hall–Kier alpha value is -2.93. The third-order valence-electron chi connectivity index (χ3n) is 5.78. The Kier molecular flexibility index (Phi) is 8.54. The lowest BCUT2D eigenvalue weighted by atomic mass is 9.99. The number of methoxy groups -OCH3 is 2. The van der Waals surface area contributed by atoms with Crippen LogP contribution in [0.15, 0.2) is 18.2 Å². The van der Waals surface area contributed by atoms with Gasteiger partial charge in [0.25, 0.3) is 0 Å². The van der Waals surface area contributed by atoms with Crippen LogP contribution >= 0.6 is 0 Å². The summed E-state index contributed by atoms with van der Waals surface area (Å²) in [5.41, 5.74) is 1.62. The van der Waals surface area contributed by atoms with Gasteiger partial charge in [-0.05, 0) is 32.4 Å². The summed E-state index contributed by atoms with van der Waals surface area (Å²) in [5.74, 6) is -0.0324. The fourth-order valence-electron chi connectivity index (χ4n) is 3.79. The van der Waals surface area contributed by atoms with Crippen molar-refractivity contribution in [1.82, 2.24) is 9.78 Å². The van der Waals surface area contributed by atoms with Crippen molar-refractivity contribution in [2.75, 3.05) is 20.8 Å². The molecule has 1 saturated heterocycles. The third kappa shape index (κ3) is 5.84. The number of aromatic nitrogens is 2. The summed E-state index contributed by atoms with van der Waals surface area (Å²) in [6.07, 6.45) is -8.43. The molecule has 3 N–H and O–H groups in total. The second kappa shape index (κ2) is 11.2. The molecule has 0 spiro atoms. The number of rotatable bonds is 8. The van der Waals surface area contributed by atoms with E-state index < -0.39 is 49.3 Å². The van der Waals surface area contributed by atoms with E-state index in [0.29, 0.717) is 22.6 Å². The van der Waals surface area contributed by atoms with E-state index in [2.05, 4.69) is 9.84 Å². The first kappa shape index (κ1) is 26.7. The lowest BCUT2D eigenvalue weighted by Crippen LogP contribution is -2.60. The highest BCUT2D eigenvalue weighted by Gasteiger charge is 2.46. The topological polar surface area (TPSA) is 142 Å². The van der Waals surface area contributed by atoms with E-state index in [4.69, 9.17) is 18.9 Å². The molecule has 1 fully saturated rings. The minimum atomic E-state index is -1.66. The van der Waals surface area contributed by atoms with E-state index in [1.54, 1.807) is 23.7 Å². The third-order valence-corrected chi connectivity index (χ3v) is 5.78. The van der Waals surface area contributed by atoms with E-state index in [9.17, 15) is 24.5 Å². The van der Waals surface area contributed by atoms with Crippen LogP contribution in [0.5, 0.6) is 11.6 Å². The highest BCUT2D eigenvalue weighted by Crippen LogP contribution is 2.31. The number of benzene rings is 1. The van der Waals surface area contributed by atoms with Crippen LogP contribution < -0.4 is 9.47 Å². The number of hydrogen-bond acceptors (Lipinski definition) is 10. The van der Waals surface area contributed by atoms with Gasteiger partial charge in [0.1, 0.15) is 42.6 Å². The van der Waals surface area contributed by atoms with Crippen LogP contribution in [-0.4, -0.2) is 82.8 Å². The molecule has 194 valence electrons. The molecular weight excluding hydrogens is 467 g/mol. The molecule has 35 heavy (non-hydrogen) atoms. The van der Waals surface area contributed by atoms with Crippen molar-refractivity contribution in [3.05, 3.63) is 40.8 Å². The van der Waals surface area contributed by atoms with Crippen molar-refractivity contribution in [2.45, 2.75) is 63.9 Å². The van der Waals surface area contributed by atoms with Gasteiger partial charge in [-0.1, -0.05) is 6.07 Å². The maximum absolute atomic E-state index is 14.7. The van der Waals surface area contributed by atoms with E-state index in [1.807, 2.05) is 13.8 Å². The number of ether oxygens (including phenoxy) is 5. The van der Waals surface area contributed by atoms with E-state index in [0.717, 1.165) is 7.11 Å². The van der Waals surface area contributed by atoms with Crippen LogP contribution in [0.4, 0.5) is 9.18 Å². The zero-order valence-electron chi connectivity index (χ0n) is 20.2. The smallest absolute Gasteiger partial charge is 0.497 e. The van der Waals surface area contributed by atoms with Gasteiger partial charge < -0.3 is 39.0 Å². The van der Waals surface area contributed by atoms with Crippen molar-refractivity contribution < 1.29 is 48.2 Å². The molecule has 5 atom stereocenters. The van der Waals surface area contributed by atoms with Gasteiger partial charge in [0, 0.05) is 29.8 Å². The summed E-state index contributed by atoms with van der Waals surface area (Å²) < 4.78 is 42.1. The predicted octanol–water partition coefficient (Wildman–Crippen LogP) is 1.48. The molecule has 0 aliphatic carbocycles. The number of carbonyl (C=O) groups is 1. The highest BCUT2D eigenvalue weighted by molar-refractivity contribution is 5.59. The van der Waals surface area contributed by atoms with Crippen LogP contribution in [0, 0.1) is 12.7 Å². The Morgan fingerprint density at radius 2 is 1.91 bits per heavy atom. The molecule has 1 aromatic carbocycles. The number of nitrogens with zero attached hydrogens (tertiary/aromatic N) is 2. The zero-order chi connectivity index (χ0) is 25.9. The first-order valence-corrected chi connectivity index (χ1v) is 11.0. The lowest BCUT2D eigenvalue weighted by Gasteiger charge is -2.39. The standard InChI is InChI=1S/C23H31FN2O9/c1-11(2)26-12(3)15(8-13-6-7-14(31-4)9-16(13)24)21(25-26)35-22-20(29)19(28)18(27)17(34-22)10-33-23(30)32-5/h6-7,9,11,17-20,22,27-29H,8,10H2,1-5H3/t17?,18-,19+,20-,22+/m1/s1. The number of aliphatic hydroxyl groups is 3. The average Bonchev–Trinajstić information content (AvgIpc) is 3.14. The van der Waals surface area contributed by atoms with Gasteiger partial charge in [0.15, 0.2) is 0 Å². The van der Waals surface area contributed by atoms with Crippen molar-refractivity contribution in [2.24, 2.45) is 0 Å². The van der Waals surface area contributed by atoms with E-state index in [1.165, 1.54) is 13.2 Å². The van der Waals surface area contributed by atoms with E-state index in [-0.39, 0.29) is 18.3 Å². The molecule has 0 bridgehead atoms. The van der Waals surface area contributed by atoms with Gasteiger partial charge >= 0.3 is 6.16 Å². The normalized spacial score (nSPS) is 24.3. The fraction of sp³-hybridized carbons (Fsp3) is 0.565. The first-order chi connectivity index (χ1) is 16.6. The second-order valence-electron chi connectivity index (χ2n) is 8.44. The maximum Gasteiger partial charge on any atom is 0.508 e. The number of aliphatic hydroxyl groups excluding tert-OH is 3. The molecule has 2 heterocycles. The van der Waals surface area contributed by atoms with E-state index >= 15 is 0 Å². The van der Waals surface area contributed by atoms with Crippen molar-refractivity contribution >= 4 is 6.16 Å². The largest absolute Gasteiger partial charge is 0.508 e. The maximum atomic E-state index is 14.7. The molecule has 1 aromatic heterocycles. The van der Waals surface area contributed by atoms with Crippen LogP contribution in [0.3, 0.4) is 0 Å². The number of carbonyl (C=O) groups excluding carboxylic acids is 1. The molecule has 1 aliphatic rings. The summed E-state index contributed by atoms with van der Waals surface area (Å²) in [4.78, 5) is 11.3. The summed E-state index contributed by atoms with van der Waals surface area (Å²) in [5, 5.41) is 35.5. The fourth-order valence-corrected chi connectivity index (χ4v) is 3.79. The Bertz CT molecular complexity index is 1030. The molecule has 3 rings (SSSR count). The quantitative estimate of drug-likeness (QED) is 0.458.